The van der Waals surface area contributed by atoms with Crippen molar-refractivity contribution in [2.24, 2.45) is 5.73 Å². The number of pyridine rings is 1. The summed E-state index contributed by atoms with van der Waals surface area (Å²) in [7, 11) is 0. The second-order valence-corrected chi connectivity index (χ2v) is 7.06. The summed E-state index contributed by atoms with van der Waals surface area (Å²) in [4.78, 5) is 17.2. The number of carbonyl (C=O) groups is 1. The van der Waals surface area contributed by atoms with Crippen LogP contribution in [0.2, 0.25) is 0 Å². The predicted molar refractivity (Wildman–Crippen MR) is 118 cm³/mol. The van der Waals surface area contributed by atoms with Crippen molar-refractivity contribution in [1.82, 2.24) is 10.3 Å². The Bertz CT molecular complexity index is 1180. The molecular weight excluding hydrogens is 433 g/mol. The van der Waals surface area contributed by atoms with E-state index in [0.717, 1.165) is 18.2 Å². The van der Waals surface area contributed by atoms with Crippen LogP contribution in [-0.2, 0) is 0 Å². The Hall–Kier alpha value is -3.98. The molecule has 6 nitrogen and oxygen atoms in total. The van der Waals surface area contributed by atoms with Crippen LogP contribution in [0.25, 0.3) is 5.70 Å². The molecule has 0 aliphatic heterocycles. The second-order valence-electron chi connectivity index (χ2n) is 7.06. The molecule has 1 heterocycles. The van der Waals surface area contributed by atoms with Gasteiger partial charge in [-0.05, 0) is 55.0 Å². The average molecular weight is 454 g/mol. The maximum absolute atomic E-state index is 15.0. The van der Waals surface area contributed by atoms with Crippen LogP contribution in [0.5, 0.6) is 0 Å². The highest BCUT2D eigenvalue weighted by Gasteiger charge is 2.24. The molecule has 33 heavy (non-hydrogen) atoms. The van der Waals surface area contributed by atoms with Gasteiger partial charge in [-0.15, -0.1) is 0 Å². The van der Waals surface area contributed by atoms with E-state index in [1.54, 1.807) is 18.2 Å². The lowest BCUT2D eigenvalue weighted by Gasteiger charge is -2.19. The fourth-order valence-corrected chi connectivity index (χ4v) is 3.22. The van der Waals surface area contributed by atoms with Gasteiger partial charge in [0, 0.05) is 23.9 Å². The first-order valence-corrected chi connectivity index (χ1v) is 9.95. The zero-order valence-electron chi connectivity index (χ0n) is 17.4. The molecule has 1 atom stereocenters. The van der Waals surface area contributed by atoms with Crippen LogP contribution >= 0.6 is 0 Å². The van der Waals surface area contributed by atoms with Gasteiger partial charge < -0.3 is 16.2 Å². The van der Waals surface area contributed by atoms with Crippen LogP contribution in [0.3, 0.4) is 0 Å². The molecule has 3 rings (SSSR count). The van der Waals surface area contributed by atoms with E-state index in [0.29, 0.717) is 5.69 Å². The van der Waals surface area contributed by atoms with Gasteiger partial charge in [0.25, 0.3) is 5.91 Å². The van der Waals surface area contributed by atoms with E-state index >= 15 is 4.39 Å². The van der Waals surface area contributed by atoms with Gasteiger partial charge in [0.05, 0.1) is 28.7 Å². The van der Waals surface area contributed by atoms with Crippen molar-refractivity contribution in [1.29, 1.82) is 5.41 Å². The van der Waals surface area contributed by atoms with Gasteiger partial charge >= 0.3 is 0 Å². The fourth-order valence-electron chi connectivity index (χ4n) is 3.22. The molecule has 0 saturated heterocycles. The number of amides is 1. The highest BCUT2D eigenvalue weighted by Crippen LogP contribution is 2.26. The molecule has 0 radical (unpaired) electrons. The molecule has 1 aromatic heterocycles. The van der Waals surface area contributed by atoms with Crippen LogP contribution in [0.4, 0.5) is 13.2 Å². The summed E-state index contributed by atoms with van der Waals surface area (Å²) in [6, 6.07) is 12.4. The number of benzene rings is 2. The molecule has 9 heteroatoms. The molecule has 1 amide bonds. The molecule has 0 fully saturated rings. The van der Waals surface area contributed by atoms with Gasteiger partial charge in [-0.2, -0.15) is 0 Å². The number of nitrogens with zero attached hydrogens (tertiary/aromatic N) is 1. The van der Waals surface area contributed by atoms with E-state index in [2.05, 4.69) is 10.3 Å². The molecule has 0 aliphatic carbocycles. The molecular formula is C24H21F3N4O2. The zero-order valence-corrected chi connectivity index (χ0v) is 17.4. The van der Waals surface area contributed by atoms with Gasteiger partial charge in [-0.3, -0.25) is 15.2 Å². The number of aromatic nitrogens is 1. The quantitative estimate of drug-likeness (QED) is 0.387. The van der Waals surface area contributed by atoms with Crippen LogP contribution in [0.15, 0.2) is 72.7 Å². The molecule has 0 saturated carbocycles. The number of aliphatic hydroxyl groups is 1. The van der Waals surface area contributed by atoms with Crippen molar-refractivity contribution in [2.75, 3.05) is 6.61 Å². The highest BCUT2D eigenvalue weighted by molar-refractivity contribution is 6.13. The summed E-state index contributed by atoms with van der Waals surface area (Å²) in [5.74, 6) is -3.56. The standard InChI is InChI=1S/C24H21F3N4O2/c25-15-9-7-14(8-10-15)22(28)21(27)23(29)20-16(4-3-5-17(20)26)24(33)31-19(11-13-32)18-6-1-2-12-30-18/h1-10,12,19,28,32H,11,13,29H2,(H,31,33). The Morgan fingerprint density at radius 2 is 1.82 bits per heavy atom. The first-order valence-electron chi connectivity index (χ1n) is 9.95. The molecule has 0 aliphatic rings. The third kappa shape index (κ3) is 5.45. The van der Waals surface area contributed by atoms with Crippen molar-refractivity contribution in [3.8, 4) is 0 Å². The van der Waals surface area contributed by atoms with E-state index in [1.165, 1.54) is 30.5 Å². The number of hydrogen-bond donors (Lipinski definition) is 4. The number of halogens is 3. The van der Waals surface area contributed by atoms with Crippen molar-refractivity contribution < 1.29 is 23.1 Å². The Labute approximate surface area is 188 Å². The number of rotatable bonds is 8. The maximum Gasteiger partial charge on any atom is 0.252 e. The minimum atomic E-state index is -1.27. The topological polar surface area (TPSA) is 112 Å². The first-order chi connectivity index (χ1) is 15.8. The van der Waals surface area contributed by atoms with Gasteiger partial charge in [0.1, 0.15) is 11.6 Å². The fraction of sp³-hybridized carbons (Fsp3) is 0.125. The number of allylic oxidation sites excluding steroid dienone is 1. The molecule has 170 valence electrons. The lowest BCUT2D eigenvalue weighted by atomic mass is 9.99. The minimum absolute atomic E-state index is 0.0253. The Balaban J connectivity index is 1.97. The van der Waals surface area contributed by atoms with E-state index in [4.69, 9.17) is 11.1 Å². The number of hydrogen-bond acceptors (Lipinski definition) is 5. The molecule has 0 bridgehead atoms. The van der Waals surface area contributed by atoms with Crippen molar-refractivity contribution >= 4 is 17.3 Å². The summed E-state index contributed by atoms with van der Waals surface area (Å²) in [6.45, 7) is -0.247. The van der Waals surface area contributed by atoms with Crippen molar-refractivity contribution in [3.05, 3.63) is 107 Å². The van der Waals surface area contributed by atoms with Gasteiger partial charge in [0.2, 0.25) is 0 Å². The summed E-state index contributed by atoms with van der Waals surface area (Å²) in [5, 5.41) is 20.0. The highest BCUT2D eigenvalue weighted by atomic mass is 19.1. The Kier molecular flexibility index (Phi) is 7.57. The maximum atomic E-state index is 15.0. The first kappa shape index (κ1) is 23.7. The van der Waals surface area contributed by atoms with Crippen LogP contribution < -0.4 is 11.1 Å². The molecule has 1 unspecified atom stereocenters. The lowest BCUT2D eigenvalue weighted by Crippen LogP contribution is -2.31. The second kappa shape index (κ2) is 10.6. The SMILES string of the molecule is N=C(C(F)=C(N)c1c(F)cccc1C(=O)NC(CCO)c1ccccn1)c1ccc(F)cc1. The number of carbonyl (C=O) groups excluding carboxylic acids is 1. The zero-order chi connectivity index (χ0) is 24.0. The molecule has 0 spiro atoms. The monoisotopic (exact) mass is 454 g/mol. The number of nitrogens with two attached hydrogens (primary N) is 1. The minimum Gasteiger partial charge on any atom is -0.396 e. The van der Waals surface area contributed by atoms with Crippen LogP contribution in [-0.4, -0.2) is 28.3 Å². The summed E-state index contributed by atoms with van der Waals surface area (Å²) >= 11 is 0. The molecule has 3 aromatic rings. The third-order valence-corrected chi connectivity index (χ3v) is 4.88. The van der Waals surface area contributed by atoms with E-state index < -0.39 is 46.4 Å². The molecule has 5 N–H and O–H groups in total. The summed E-state index contributed by atoms with van der Waals surface area (Å²) in [5.41, 5.74) is 4.17. The van der Waals surface area contributed by atoms with Gasteiger partial charge in [-0.1, -0.05) is 12.1 Å². The van der Waals surface area contributed by atoms with Crippen LogP contribution in [0.1, 0.15) is 39.6 Å². The van der Waals surface area contributed by atoms with E-state index in [-0.39, 0.29) is 24.2 Å². The summed E-state index contributed by atoms with van der Waals surface area (Å²) in [6.07, 6.45) is 1.67. The van der Waals surface area contributed by atoms with E-state index in [1.807, 2.05) is 0 Å². The van der Waals surface area contributed by atoms with Gasteiger partial charge in [0.15, 0.2) is 5.83 Å². The number of aliphatic hydroxyl groups excluding tert-OH is 1. The largest absolute Gasteiger partial charge is 0.396 e. The van der Waals surface area contributed by atoms with E-state index in [9.17, 15) is 18.7 Å². The Morgan fingerprint density at radius 1 is 1.09 bits per heavy atom. The number of nitrogens with one attached hydrogen (secondary N) is 2. The molecule has 2 aromatic carbocycles. The van der Waals surface area contributed by atoms with Crippen molar-refractivity contribution in [3.63, 3.8) is 0 Å². The average Bonchev–Trinajstić information content (AvgIpc) is 2.83. The van der Waals surface area contributed by atoms with Gasteiger partial charge in [-0.25, -0.2) is 13.2 Å². The summed E-state index contributed by atoms with van der Waals surface area (Å²) < 4.78 is 42.9. The Morgan fingerprint density at radius 3 is 2.45 bits per heavy atom. The van der Waals surface area contributed by atoms with Crippen LogP contribution in [0, 0.1) is 17.0 Å². The van der Waals surface area contributed by atoms with Crippen molar-refractivity contribution in [2.45, 2.75) is 12.5 Å². The third-order valence-electron chi connectivity index (χ3n) is 4.88. The normalized spacial score (nSPS) is 12.6. The smallest absolute Gasteiger partial charge is 0.252 e. The predicted octanol–water partition coefficient (Wildman–Crippen LogP) is 3.88. The lowest BCUT2D eigenvalue weighted by molar-refractivity contribution is 0.0928.